The number of imide groups is 1. The first-order valence-electron chi connectivity index (χ1n) is 11.0. The molecular weight excluding hydrogens is 404 g/mol. The fourth-order valence-electron chi connectivity index (χ4n) is 4.79. The Balaban J connectivity index is 1.50. The number of H-pyrrole nitrogens is 1. The van der Waals surface area contributed by atoms with Gasteiger partial charge in [0.15, 0.2) is 5.54 Å². The molecule has 0 aliphatic carbocycles. The molecule has 7 nitrogen and oxygen atoms in total. The number of benzene rings is 2. The van der Waals surface area contributed by atoms with Crippen molar-refractivity contribution in [2.45, 2.75) is 45.2 Å². The van der Waals surface area contributed by atoms with Gasteiger partial charge in [-0.3, -0.25) is 9.59 Å². The lowest BCUT2D eigenvalue weighted by molar-refractivity contribution is -0.125. The average Bonchev–Trinajstić information content (AvgIpc) is 3.28. The molecule has 0 bridgehead atoms. The molecule has 32 heavy (non-hydrogen) atoms. The molecule has 3 heterocycles. The summed E-state index contributed by atoms with van der Waals surface area (Å²) in [6.07, 6.45) is 1.53. The zero-order valence-electron chi connectivity index (χ0n) is 18.4. The SMILES string of the molecule is CC[C@@H](C)NC(=O)c1ccc(N2C(=O)N3CCc4c([nH]c5ccccc45)[C@@]3(C)C2=O)cc1. The van der Waals surface area contributed by atoms with Crippen LogP contribution in [0.3, 0.4) is 0 Å². The van der Waals surface area contributed by atoms with Crippen LogP contribution in [0.15, 0.2) is 48.5 Å². The van der Waals surface area contributed by atoms with Crippen LogP contribution in [0.25, 0.3) is 10.9 Å². The third-order valence-electron chi connectivity index (χ3n) is 6.84. The fraction of sp³-hybridized carbons (Fsp3) is 0.320. The van der Waals surface area contributed by atoms with Crippen molar-refractivity contribution >= 4 is 34.4 Å². The van der Waals surface area contributed by atoms with Crippen molar-refractivity contribution in [2.75, 3.05) is 11.4 Å². The van der Waals surface area contributed by atoms with E-state index in [0.717, 1.165) is 28.6 Å². The highest BCUT2D eigenvalue weighted by molar-refractivity contribution is 6.23. The van der Waals surface area contributed by atoms with E-state index in [2.05, 4.69) is 10.3 Å². The lowest BCUT2D eigenvalue weighted by Crippen LogP contribution is -2.49. The van der Waals surface area contributed by atoms with E-state index in [1.54, 1.807) is 29.2 Å². The third-order valence-corrected chi connectivity index (χ3v) is 6.84. The fourth-order valence-corrected chi connectivity index (χ4v) is 4.79. The van der Waals surface area contributed by atoms with Crippen LogP contribution in [0.2, 0.25) is 0 Å². The van der Waals surface area contributed by atoms with E-state index in [0.29, 0.717) is 24.2 Å². The number of rotatable bonds is 4. The van der Waals surface area contributed by atoms with E-state index in [-0.39, 0.29) is 23.9 Å². The molecule has 2 aliphatic heterocycles. The van der Waals surface area contributed by atoms with E-state index >= 15 is 0 Å². The van der Waals surface area contributed by atoms with Crippen molar-refractivity contribution in [3.8, 4) is 0 Å². The predicted octanol–water partition coefficient (Wildman–Crippen LogP) is 3.94. The highest BCUT2D eigenvalue weighted by atomic mass is 16.2. The molecule has 2 N–H and O–H groups in total. The van der Waals surface area contributed by atoms with Crippen molar-refractivity contribution < 1.29 is 14.4 Å². The predicted molar refractivity (Wildman–Crippen MR) is 123 cm³/mol. The van der Waals surface area contributed by atoms with E-state index < -0.39 is 5.54 Å². The number of hydrogen-bond acceptors (Lipinski definition) is 3. The van der Waals surface area contributed by atoms with Gasteiger partial charge in [-0.15, -0.1) is 0 Å². The number of nitrogens with one attached hydrogen (secondary N) is 2. The Labute approximate surface area is 186 Å². The molecule has 0 spiro atoms. The Bertz CT molecular complexity index is 1250. The maximum atomic E-state index is 13.7. The topological polar surface area (TPSA) is 85.5 Å². The first-order valence-corrected chi connectivity index (χ1v) is 11.0. The molecule has 1 aromatic heterocycles. The number of nitrogens with zero attached hydrogens (tertiary/aromatic N) is 2. The minimum absolute atomic E-state index is 0.0743. The smallest absolute Gasteiger partial charge is 0.332 e. The molecule has 1 saturated heterocycles. The molecule has 1 fully saturated rings. The summed E-state index contributed by atoms with van der Waals surface area (Å²) in [5, 5.41) is 4.02. The third kappa shape index (κ3) is 2.77. The number of hydrogen-bond donors (Lipinski definition) is 2. The van der Waals surface area contributed by atoms with Crippen LogP contribution in [0, 0.1) is 0 Å². The maximum Gasteiger partial charge on any atom is 0.332 e. The van der Waals surface area contributed by atoms with Crippen LogP contribution < -0.4 is 10.2 Å². The molecule has 164 valence electrons. The van der Waals surface area contributed by atoms with Crippen LogP contribution in [0.4, 0.5) is 10.5 Å². The minimum Gasteiger partial charge on any atom is -0.356 e. The van der Waals surface area contributed by atoms with Crippen LogP contribution in [-0.2, 0) is 16.8 Å². The van der Waals surface area contributed by atoms with Crippen LogP contribution in [0.1, 0.15) is 48.8 Å². The van der Waals surface area contributed by atoms with Gasteiger partial charge in [-0.1, -0.05) is 25.1 Å². The first kappa shape index (κ1) is 20.3. The van der Waals surface area contributed by atoms with Gasteiger partial charge in [-0.25, -0.2) is 9.69 Å². The second kappa shape index (κ2) is 7.22. The Morgan fingerprint density at radius 3 is 2.59 bits per heavy atom. The first-order chi connectivity index (χ1) is 15.4. The number of fused-ring (bicyclic) bond motifs is 5. The Hall–Kier alpha value is -3.61. The molecule has 2 aliphatic rings. The number of urea groups is 1. The Kier molecular flexibility index (Phi) is 4.58. The summed E-state index contributed by atoms with van der Waals surface area (Å²) in [5.74, 6) is -0.455. The second-order valence-corrected chi connectivity index (χ2v) is 8.75. The number of anilines is 1. The Morgan fingerprint density at radius 1 is 1.16 bits per heavy atom. The summed E-state index contributed by atoms with van der Waals surface area (Å²) in [7, 11) is 0. The number of carbonyl (C=O) groups excluding carboxylic acids is 3. The van der Waals surface area contributed by atoms with Gasteiger partial charge in [0.1, 0.15) is 0 Å². The minimum atomic E-state index is -1.09. The summed E-state index contributed by atoms with van der Waals surface area (Å²) in [5.41, 5.74) is 2.73. The van der Waals surface area contributed by atoms with Crippen LogP contribution >= 0.6 is 0 Å². The quantitative estimate of drug-likeness (QED) is 0.615. The monoisotopic (exact) mass is 430 g/mol. The number of para-hydroxylation sites is 1. The number of carbonyl (C=O) groups is 3. The summed E-state index contributed by atoms with van der Waals surface area (Å²) in [6.45, 7) is 6.24. The average molecular weight is 431 g/mol. The van der Waals surface area contributed by atoms with Gasteiger partial charge >= 0.3 is 6.03 Å². The van der Waals surface area contributed by atoms with Crippen LogP contribution in [-0.4, -0.2) is 40.3 Å². The molecule has 0 unspecified atom stereocenters. The molecule has 2 atom stereocenters. The van der Waals surface area contributed by atoms with Gasteiger partial charge < -0.3 is 15.2 Å². The summed E-state index contributed by atoms with van der Waals surface area (Å²) >= 11 is 0. The van der Waals surface area contributed by atoms with Gasteiger partial charge in [0.25, 0.3) is 11.8 Å². The molecule has 2 aromatic carbocycles. The van der Waals surface area contributed by atoms with Gasteiger partial charge in [-0.05, 0) is 62.6 Å². The van der Waals surface area contributed by atoms with Crippen molar-refractivity contribution in [1.29, 1.82) is 0 Å². The van der Waals surface area contributed by atoms with Crippen molar-refractivity contribution in [3.63, 3.8) is 0 Å². The van der Waals surface area contributed by atoms with E-state index in [9.17, 15) is 14.4 Å². The normalized spacial score (nSPS) is 21.0. The highest BCUT2D eigenvalue weighted by Gasteiger charge is 2.58. The zero-order valence-corrected chi connectivity index (χ0v) is 18.4. The number of amides is 4. The number of aromatic amines is 1. The number of aromatic nitrogens is 1. The standard InChI is InChI=1S/C25H26N4O3/c1-4-15(2)26-22(30)16-9-11-17(12-10-16)29-23(31)25(3)21-19(13-14-28(25)24(29)32)18-7-5-6-8-20(18)27-21/h5-12,15,27H,4,13-14H2,1-3H3,(H,26,30)/t15-,25+/m1/s1. The summed E-state index contributed by atoms with van der Waals surface area (Å²) in [6, 6.07) is 14.3. The molecule has 5 rings (SSSR count). The van der Waals surface area contributed by atoms with Crippen molar-refractivity contribution in [2.24, 2.45) is 0 Å². The molecule has 4 amide bonds. The lowest BCUT2D eigenvalue weighted by Gasteiger charge is -2.35. The van der Waals surface area contributed by atoms with E-state index in [4.69, 9.17) is 0 Å². The van der Waals surface area contributed by atoms with Gasteiger partial charge in [0.05, 0.1) is 11.4 Å². The van der Waals surface area contributed by atoms with Gasteiger partial charge in [-0.2, -0.15) is 0 Å². The van der Waals surface area contributed by atoms with Gasteiger partial charge in [0, 0.05) is 29.1 Å². The van der Waals surface area contributed by atoms with Gasteiger partial charge in [0.2, 0.25) is 0 Å². The summed E-state index contributed by atoms with van der Waals surface area (Å²) < 4.78 is 0. The Morgan fingerprint density at radius 2 is 1.88 bits per heavy atom. The molecule has 0 saturated carbocycles. The summed E-state index contributed by atoms with van der Waals surface area (Å²) in [4.78, 5) is 45.7. The highest BCUT2D eigenvalue weighted by Crippen LogP contribution is 2.45. The van der Waals surface area contributed by atoms with E-state index in [1.807, 2.05) is 45.0 Å². The molecule has 3 aromatic rings. The van der Waals surface area contributed by atoms with Crippen LogP contribution in [0.5, 0.6) is 0 Å². The van der Waals surface area contributed by atoms with E-state index in [1.165, 1.54) is 4.90 Å². The van der Waals surface area contributed by atoms with Crippen molar-refractivity contribution in [1.82, 2.24) is 15.2 Å². The largest absolute Gasteiger partial charge is 0.356 e. The second-order valence-electron chi connectivity index (χ2n) is 8.75. The van der Waals surface area contributed by atoms with Crippen molar-refractivity contribution in [3.05, 3.63) is 65.4 Å². The zero-order chi connectivity index (χ0) is 22.6. The maximum absolute atomic E-state index is 13.7. The molecular formula is C25H26N4O3. The lowest BCUT2D eigenvalue weighted by atomic mass is 9.87. The molecule has 7 heteroatoms. The molecule has 0 radical (unpaired) electrons.